The Morgan fingerprint density at radius 2 is 1.84 bits per heavy atom. The zero-order chi connectivity index (χ0) is 14.0. The molecular weight excluding hydrogens is 279 g/mol. The van der Waals surface area contributed by atoms with Crippen molar-refractivity contribution < 1.29 is 0 Å². The molecule has 1 N–H and O–H groups in total. The zero-order valence-electron chi connectivity index (χ0n) is 11.8. The van der Waals surface area contributed by atoms with Crippen LogP contribution in [0.25, 0.3) is 0 Å². The number of benzene rings is 1. The van der Waals surface area contributed by atoms with Crippen LogP contribution in [-0.2, 0) is 0 Å². The van der Waals surface area contributed by atoms with Gasteiger partial charge in [0.05, 0.1) is 15.7 Å². The van der Waals surface area contributed by atoms with E-state index in [0.29, 0.717) is 6.04 Å². The van der Waals surface area contributed by atoms with Crippen molar-refractivity contribution in [3.05, 3.63) is 28.2 Å². The maximum atomic E-state index is 6.36. The van der Waals surface area contributed by atoms with E-state index in [2.05, 4.69) is 31.0 Å². The molecule has 1 saturated heterocycles. The molecule has 0 aliphatic carbocycles. The number of para-hydroxylation sites is 1. The number of piperazine rings is 1. The minimum absolute atomic E-state index is 0.162. The van der Waals surface area contributed by atoms with Gasteiger partial charge < -0.3 is 10.2 Å². The summed E-state index contributed by atoms with van der Waals surface area (Å²) in [6.45, 7) is 8.59. The van der Waals surface area contributed by atoms with Gasteiger partial charge in [0.15, 0.2) is 0 Å². The fraction of sp³-hybridized carbons (Fsp3) is 0.600. The van der Waals surface area contributed by atoms with E-state index >= 15 is 0 Å². The summed E-state index contributed by atoms with van der Waals surface area (Å²) in [6.07, 6.45) is 2.21. The quantitative estimate of drug-likeness (QED) is 0.893. The first-order valence-corrected chi connectivity index (χ1v) is 7.74. The summed E-state index contributed by atoms with van der Waals surface area (Å²) >= 11 is 12.7. The monoisotopic (exact) mass is 300 g/mol. The van der Waals surface area contributed by atoms with Gasteiger partial charge >= 0.3 is 0 Å². The Bertz CT molecular complexity index is 424. The molecule has 0 saturated carbocycles. The average molecular weight is 301 g/mol. The summed E-state index contributed by atoms with van der Waals surface area (Å²) in [5.41, 5.74) is 1.14. The largest absolute Gasteiger partial charge is 0.363 e. The molecule has 1 aromatic carbocycles. The van der Waals surface area contributed by atoms with Gasteiger partial charge in [0.1, 0.15) is 0 Å². The molecule has 0 amide bonds. The lowest BCUT2D eigenvalue weighted by Gasteiger charge is -2.48. The number of halogens is 2. The lowest BCUT2D eigenvalue weighted by molar-refractivity contribution is 0.254. The third kappa shape index (κ3) is 2.86. The predicted molar refractivity (Wildman–Crippen MR) is 84.6 cm³/mol. The first-order valence-electron chi connectivity index (χ1n) is 6.98. The molecule has 4 heteroatoms. The Morgan fingerprint density at radius 1 is 1.26 bits per heavy atom. The summed E-state index contributed by atoms with van der Waals surface area (Å²) in [6, 6.07) is 6.12. The highest BCUT2D eigenvalue weighted by Crippen LogP contribution is 2.37. The van der Waals surface area contributed by atoms with Crippen molar-refractivity contribution in [1.29, 1.82) is 0 Å². The Labute approximate surface area is 126 Å². The Balaban J connectivity index is 2.36. The summed E-state index contributed by atoms with van der Waals surface area (Å²) in [7, 11) is 0. The van der Waals surface area contributed by atoms with Crippen LogP contribution in [-0.4, -0.2) is 24.7 Å². The van der Waals surface area contributed by atoms with Crippen LogP contribution in [0.2, 0.25) is 10.0 Å². The van der Waals surface area contributed by atoms with Crippen molar-refractivity contribution in [3.63, 3.8) is 0 Å². The van der Waals surface area contributed by atoms with Crippen molar-refractivity contribution >= 4 is 28.9 Å². The Morgan fingerprint density at radius 3 is 2.37 bits per heavy atom. The fourth-order valence-electron chi connectivity index (χ4n) is 2.80. The third-order valence-electron chi connectivity index (χ3n) is 4.36. The highest BCUT2D eigenvalue weighted by atomic mass is 35.5. The molecule has 0 bridgehead atoms. The minimum Gasteiger partial charge on any atom is -0.363 e. The molecule has 1 aliphatic heterocycles. The minimum atomic E-state index is 0.162. The lowest BCUT2D eigenvalue weighted by Crippen LogP contribution is -2.63. The fourth-order valence-corrected chi connectivity index (χ4v) is 3.41. The van der Waals surface area contributed by atoms with Crippen LogP contribution in [0.15, 0.2) is 18.2 Å². The van der Waals surface area contributed by atoms with Crippen molar-refractivity contribution in [2.24, 2.45) is 0 Å². The molecule has 1 fully saturated rings. The topological polar surface area (TPSA) is 15.3 Å². The van der Waals surface area contributed by atoms with Crippen LogP contribution in [0.4, 0.5) is 5.69 Å². The van der Waals surface area contributed by atoms with Gasteiger partial charge in [-0.1, -0.05) is 43.1 Å². The standard InChI is InChI=1S/C15H22Cl2N2/c1-4-15(5-2)10-19(11(3)9-18-15)14-12(16)7-6-8-13(14)17/h6-8,11,18H,4-5,9-10H2,1-3H3. The van der Waals surface area contributed by atoms with E-state index in [1.54, 1.807) is 0 Å². The molecular formula is C15H22Cl2N2. The van der Waals surface area contributed by atoms with Crippen molar-refractivity contribution in [2.75, 3.05) is 18.0 Å². The number of anilines is 1. The summed E-state index contributed by atoms with van der Waals surface area (Å²) in [5, 5.41) is 5.17. The maximum absolute atomic E-state index is 6.36. The van der Waals surface area contributed by atoms with Gasteiger partial charge in [-0.3, -0.25) is 0 Å². The van der Waals surface area contributed by atoms with E-state index in [-0.39, 0.29) is 5.54 Å². The van der Waals surface area contributed by atoms with Crippen molar-refractivity contribution in [3.8, 4) is 0 Å². The molecule has 106 valence electrons. The molecule has 1 heterocycles. The van der Waals surface area contributed by atoms with E-state index in [9.17, 15) is 0 Å². The Kier molecular flexibility index (Phi) is 4.65. The first kappa shape index (κ1) is 15.0. The molecule has 0 spiro atoms. The maximum Gasteiger partial charge on any atom is 0.0748 e. The molecule has 2 rings (SSSR count). The van der Waals surface area contributed by atoms with Gasteiger partial charge in [-0.15, -0.1) is 0 Å². The number of nitrogens with zero attached hydrogens (tertiary/aromatic N) is 1. The van der Waals surface area contributed by atoms with Crippen molar-refractivity contribution in [2.45, 2.75) is 45.2 Å². The number of rotatable bonds is 3. The smallest absolute Gasteiger partial charge is 0.0748 e. The van der Waals surface area contributed by atoms with Gasteiger partial charge in [-0.2, -0.15) is 0 Å². The van der Waals surface area contributed by atoms with Crippen LogP contribution in [0.5, 0.6) is 0 Å². The van der Waals surface area contributed by atoms with Crippen LogP contribution >= 0.6 is 23.2 Å². The van der Waals surface area contributed by atoms with Crippen LogP contribution in [0.3, 0.4) is 0 Å². The molecule has 2 nitrogen and oxygen atoms in total. The van der Waals surface area contributed by atoms with Gasteiger partial charge in [-0.05, 0) is 31.9 Å². The summed E-state index contributed by atoms with van der Waals surface area (Å²) in [5.74, 6) is 0. The second-order valence-electron chi connectivity index (χ2n) is 5.42. The van der Waals surface area contributed by atoms with Gasteiger partial charge in [0, 0.05) is 24.7 Å². The van der Waals surface area contributed by atoms with Crippen LogP contribution in [0.1, 0.15) is 33.6 Å². The number of nitrogens with one attached hydrogen (secondary N) is 1. The van der Waals surface area contributed by atoms with Gasteiger partial charge in [0.2, 0.25) is 0 Å². The zero-order valence-corrected chi connectivity index (χ0v) is 13.4. The first-order chi connectivity index (χ1) is 9.03. The Hall–Kier alpha value is -0.440. The number of hydrogen-bond acceptors (Lipinski definition) is 2. The van der Waals surface area contributed by atoms with Crippen LogP contribution in [0, 0.1) is 0 Å². The van der Waals surface area contributed by atoms with Gasteiger partial charge in [-0.25, -0.2) is 0 Å². The van der Waals surface area contributed by atoms with E-state index in [0.717, 1.165) is 41.7 Å². The second-order valence-corrected chi connectivity index (χ2v) is 6.23. The lowest BCUT2D eigenvalue weighted by atomic mass is 9.88. The van der Waals surface area contributed by atoms with E-state index in [1.807, 2.05) is 18.2 Å². The summed E-state index contributed by atoms with van der Waals surface area (Å²) in [4.78, 5) is 2.36. The third-order valence-corrected chi connectivity index (χ3v) is 4.97. The summed E-state index contributed by atoms with van der Waals surface area (Å²) < 4.78 is 0. The van der Waals surface area contributed by atoms with Crippen LogP contribution < -0.4 is 10.2 Å². The van der Waals surface area contributed by atoms with Crippen molar-refractivity contribution in [1.82, 2.24) is 5.32 Å². The predicted octanol–water partition coefficient (Wildman–Crippen LogP) is 4.35. The SMILES string of the molecule is CCC1(CC)CN(c2c(Cl)cccc2Cl)C(C)CN1. The molecule has 19 heavy (non-hydrogen) atoms. The van der Waals surface area contributed by atoms with E-state index in [1.165, 1.54) is 0 Å². The average Bonchev–Trinajstić information content (AvgIpc) is 2.41. The highest BCUT2D eigenvalue weighted by Gasteiger charge is 2.36. The molecule has 1 aliphatic rings. The van der Waals surface area contributed by atoms with E-state index in [4.69, 9.17) is 23.2 Å². The molecule has 1 atom stereocenters. The molecule has 0 radical (unpaired) electrons. The number of hydrogen-bond donors (Lipinski definition) is 1. The van der Waals surface area contributed by atoms with E-state index < -0.39 is 0 Å². The normalized spacial score (nSPS) is 22.6. The van der Waals surface area contributed by atoms with Gasteiger partial charge in [0.25, 0.3) is 0 Å². The second kappa shape index (κ2) is 5.90. The molecule has 1 unspecified atom stereocenters. The molecule has 1 aromatic rings. The highest BCUT2D eigenvalue weighted by molar-refractivity contribution is 6.39. The molecule has 0 aromatic heterocycles.